The van der Waals surface area contributed by atoms with Gasteiger partial charge in [-0.3, -0.25) is 4.98 Å². The van der Waals surface area contributed by atoms with E-state index in [1.807, 2.05) is 0 Å². The van der Waals surface area contributed by atoms with Gasteiger partial charge in [-0.05, 0) is 46.3 Å². The summed E-state index contributed by atoms with van der Waals surface area (Å²) in [5, 5.41) is 0. The van der Waals surface area contributed by atoms with Crippen LogP contribution in [0.2, 0.25) is 0 Å². The first-order valence-corrected chi connectivity index (χ1v) is 7.03. The topological polar surface area (TPSA) is 57.1 Å². The lowest BCUT2D eigenvalue weighted by Gasteiger charge is -2.07. The van der Waals surface area contributed by atoms with Crippen molar-refractivity contribution < 1.29 is 13.9 Å². The van der Waals surface area contributed by atoms with E-state index in [1.54, 1.807) is 24.5 Å². The summed E-state index contributed by atoms with van der Waals surface area (Å²) in [5.74, 6) is 0.921. The van der Waals surface area contributed by atoms with E-state index < -0.39 is 0 Å². The van der Waals surface area contributed by atoms with Gasteiger partial charge in [-0.2, -0.15) is 4.98 Å². The van der Waals surface area contributed by atoms with Gasteiger partial charge >= 0.3 is 6.01 Å². The Morgan fingerprint density at radius 2 is 1.77 bits per heavy atom. The molecule has 0 unspecified atom stereocenters. The van der Waals surface area contributed by atoms with Crippen LogP contribution in [0.5, 0.6) is 23.4 Å². The van der Waals surface area contributed by atoms with E-state index in [0.29, 0.717) is 17.4 Å². The number of rotatable bonds is 4. The molecule has 0 amide bonds. The van der Waals surface area contributed by atoms with Crippen LogP contribution in [0.3, 0.4) is 0 Å². The smallest absolute Gasteiger partial charge is 0.325 e. The molecule has 1 aromatic carbocycles. The van der Waals surface area contributed by atoms with Crippen LogP contribution in [0, 0.1) is 5.82 Å². The second-order valence-corrected chi connectivity index (χ2v) is 5.09. The van der Waals surface area contributed by atoms with Crippen LogP contribution in [-0.2, 0) is 0 Å². The maximum atomic E-state index is 12.9. The molecule has 0 saturated carbocycles. The Kier molecular flexibility index (Phi) is 4.24. The Morgan fingerprint density at radius 3 is 2.55 bits per heavy atom. The summed E-state index contributed by atoms with van der Waals surface area (Å²) in [6, 6.07) is 9.08. The van der Waals surface area contributed by atoms with Gasteiger partial charge in [-0.25, -0.2) is 9.37 Å². The summed E-state index contributed by atoms with van der Waals surface area (Å²) in [4.78, 5) is 12.1. The molecule has 3 aromatic rings. The van der Waals surface area contributed by atoms with Crippen molar-refractivity contribution in [2.24, 2.45) is 0 Å². The fourth-order valence-electron chi connectivity index (χ4n) is 1.61. The molecule has 0 spiro atoms. The van der Waals surface area contributed by atoms with Crippen molar-refractivity contribution in [1.29, 1.82) is 0 Å². The van der Waals surface area contributed by atoms with Crippen molar-refractivity contribution in [3.8, 4) is 23.4 Å². The predicted octanol–water partition coefficient (Wildman–Crippen LogP) is 4.36. The monoisotopic (exact) mass is 361 g/mol. The molecule has 22 heavy (non-hydrogen) atoms. The largest absolute Gasteiger partial charge is 0.439 e. The van der Waals surface area contributed by atoms with E-state index >= 15 is 0 Å². The molecule has 110 valence electrons. The van der Waals surface area contributed by atoms with E-state index in [2.05, 4.69) is 30.9 Å². The molecular formula is C15H9BrFN3O2. The summed E-state index contributed by atoms with van der Waals surface area (Å²) in [5.41, 5.74) is 0. The second-order valence-electron chi connectivity index (χ2n) is 4.17. The summed E-state index contributed by atoms with van der Waals surface area (Å²) in [7, 11) is 0. The molecule has 2 heterocycles. The quantitative estimate of drug-likeness (QED) is 0.690. The highest BCUT2D eigenvalue weighted by atomic mass is 79.9. The highest BCUT2D eigenvalue weighted by molar-refractivity contribution is 9.10. The standard InChI is InChI=1S/C15H9BrFN3O2/c16-10-7-13(9-18-8-10)22-15-19-6-5-14(20-15)21-12-3-1-11(17)2-4-12/h1-9H. The number of pyridine rings is 1. The zero-order valence-corrected chi connectivity index (χ0v) is 12.7. The highest BCUT2D eigenvalue weighted by Crippen LogP contribution is 2.24. The van der Waals surface area contributed by atoms with Gasteiger partial charge in [0.2, 0.25) is 5.88 Å². The number of benzene rings is 1. The molecule has 0 aliphatic rings. The average Bonchev–Trinajstić information content (AvgIpc) is 2.50. The number of aromatic nitrogens is 3. The first-order chi connectivity index (χ1) is 10.7. The summed E-state index contributed by atoms with van der Waals surface area (Å²) < 4.78 is 24.6. The zero-order valence-electron chi connectivity index (χ0n) is 11.1. The van der Waals surface area contributed by atoms with Crippen LogP contribution in [-0.4, -0.2) is 15.0 Å². The molecule has 5 nitrogen and oxygen atoms in total. The van der Waals surface area contributed by atoms with Crippen LogP contribution in [0.1, 0.15) is 0 Å². The molecule has 0 fully saturated rings. The molecule has 2 aromatic heterocycles. The fourth-order valence-corrected chi connectivity index (χ4v) is 1.95. The lowest BCUT2D eigenvalue weighted by atomic mass is 10.3. The summed E-state index contributed by atoms with van der Waals surface area (Å²) in [6.07, 6.45) is 4.69. The average molecular weight is 362 g/mol. The number of nitrogens with zero attached hydrogens (tertiary/aromatic N) is 3. The van der Waals surface area contributed by atoms with Gasteiger partial charge in [0.15, 0.2) is 5.75 Å². The van der Waals surface area contributed by atoms with Crippen molar-refractivity contribution in [3.05, 3.63) is 65.3 Å². The number of ether oxygens (including phenoxy) is 2. The van der Waals surface area contributed by atoms with Gasteiger partial charge in [0.25, 0.3) is 0 Å². The van der Waals surface area contributed by atoms with Crippen LogP contribution in [0.15, 0.2) is 59.5 Å². The molecule has 0 saturated heterocycles. The van der Waals surface area contributed by atoms with Gasteiger partial charge in [0, 0.05) is 22.9 Å². The third kappa shape index (κ3) is 3.76. The van der Waals surface area contributed by atoms with E-state index in [0.717, 1.165) is 4.47 Å². The molecular weight excluding hydrogens is 353 g/mol. The number of hydrogen-bond donors (Lipinski definition) is 0. The fraction of sp³-hybridized carbons (Fsp3) is 0. The molecule has 0 aliphatic heterocycles. The SMILES string of the molecule is Fc1ccc(Oc2ccnc(Oc3cncc(Br)c3)n2)cc1. The molecule has 3 rings (SSSR count). The highest BCUT2D eigenvalue weighted by Gasteiger charge is 2.05. The van der Waals surface area contributed by atoms with E-state index in [9.17, 15) is 4.39 Å². The number of halogens is 2. The minimum absolute atomic E-state index is 0.125. The van der Waals surface area contributed by atoms with Crippen LogP contribution in [0.4, 0.5) is 4.39 Å². The van der Waals surface area contributed by atoms with Crippen molar-refractivity contribution >= 4 is 15.9 Å². The lowest BCUT2D eigenvalue weighted by molar-refractivity contribution is 0.410. The molecule has 0 N–H and O–H groups in total. The first kappa shape index (κ1) is 14.4. The minimum atomic E-state index is -0.332. The van der Waals surface area contributed by atoms with Crippen LogP contribution in [0.25, 0.3) is 0 Å². The maximum Gasteiger partial charge on any atom is 0.325 e. The minimum Gasteiger partial charge on any atom is -0.439 e. The van der Waals surface area contributed by atoms with Crippen molar-refractivity contribution in [2.45, 2.75) is 0 Å². The molecule has 7 heteroatoms. The third-order valence-electron chi connectivity index (χ3n) is 2.53. The van der Waals surface area contributed by atoms with Crippen LogP contribution < -0.4 is 9.47 Å². The molecule has 0 bridgehead atoms. The Bertz CT molecular complexity index is 784. The summed E-state index contributed by atoms with van der Waals surface area (Å²) in [6.45, 7) is 0. The van der Waals surface area contributed by atoms with Gasteiger partial charge in [0.05, 0.1) is 6.20 Å². The van der Waals surface area contributed by atoms with Gasteiger partial charge in [0.1, 0.15) is 11.6 Å². The lowest BCUT2D eigenvalue weighted by Crippen LogP contribution is -1.94. The first-order valence-electron chi connectivity index (χ1n) is 6.24. The normalized spacial score (nSPS) is 10.3. The summed E-state index contributed by atoms with van der Waals surface area (Å²) >= 11 is 3.30. The van der Waals surface area contributed by atoms with Crippen molar-refractivity contribution in [2.75, 3.05) is 0 Å². The predicted molar refractivity (Wildman–Crippen MR) is 80.5 cm³/mol. The van der Waals surface area contributed by atoms with Crippen molar-refractivity contribution in [1.82, 2.24) is 15.0 Å². The van der Waals surface area contributed by atoms with Gasteiger partial charge in [-0.15, -0.1) is 0 Å². The van der Waals surface area contributed by atoms with Gasteiger partial charge in [-0.1, -0.05) is 0 Å². The Hall–Kier alpha value is -2.54. The zero-order chi connectivity index (χ0) is 15.4. The van der Waals surface area contributed by atoms with Gasteiger partial charge < -0.3 is 9.47 Å². The van der Waals surface area contributed by atoms with E-state index in [-0.39, 0.29) is 11.8 Å². The molecule has 0 aliphatic carbocycles. The maximum absolute atomic E-state index is 12.9. The molecule has 0 atom stereocenters. The Morgan fingerprint density at radius 1 is 0.955 bits per heavy atom. The number of hydrogen-bond acceptors (Lipinski definition) is 5. The van der Waals surface area contributed by atoms with Crippen molar-refractivity contribution in [3.63, 3.8) is 0 Å². The second kappa shape index (κ2) is 6.48. The van der Waals surface area contributed by atoms with Crippen LogP contribution >= 0.6 is 15.9 Å². The third-order valence-corrected chi connectivity index (χ3v) is 2.97. The van der Waals surface area contributed by atoms with E-state index in [1.165, 1.54) is 30.5 Å². The van der Waals surface area contributed by atoms with E-state index in [4.69, 9.17) is 9.47 Å². The Balaban J connectivity index is 1.76. The molecule has 0 radical (unpaired) electrons. The Labute approximate surface area is 133 Å².